The van der Waals surface area contributed by atoms with Gasteiger partial charge < -0.3 is 0 Å². The molecule has 3 rings (SSSR count). The maximum Gasteiger partial charge on any atom is 0.271 e. The molecule has 0 amide bonds. The van der Waals surface area contributed by atoms with Crippen LogP contribution in [0.1, 0.15) is 16.8 Å². The number of H-pyrrole nitrogens is 1. The van der Waals surface area contributed by atoms with Crippen LogP contribution in [0.3, 0.4) is 0 Å². The molecule has 0 saturated carbocycles. The van der Waals surface area contributed by atoms with Crippen LogP contribution in [0, 0.1) is 6.92 Å². The molecule has 0 atom stereocenters. The largest absolute Gasteiger partial charge is 0.299 e. The zero-order valence-electron chi connectivity index (χ0n) is 9.98. The molecule has 0 saturated heterocycles. The molecule has 19 heavy (non-hydrogen) atoms. The van der Waals surface area contributed by atoms with Crippen LogP contribution in [0.5, 0.6) is 0 Å². The van der Waals surface area contributed by atoms with Crippen LogP contribution in [0.25, 0.3) is 11.3 Å². The topological polar surface area (TPSA) is 84.7 Å². The van der Waals surface area contributed by atoms with Gasteiger partial charge in [-0.15, -0.1) is 0 Å². The van der Waals surface area contributed by atoms with Crippen molar-refractivity contribution in [1.82, 2.24) is 20.3 Å². The van der Waals surface area contributed by atoms with E-state index in [-0.39, 0.29) is 16.9 Å². The number of fused-ring (bicyclic) bond motifs is 1. The van der Waals surface area contributed by atoms with Crippen molar-refractivity contribution in [2.75, 3.05) is 0 Å². The second-order valence-electron chi connectivity index (χ2n) is 4.22. The summed E-state index contributed by atoms with van der Waals surface area (Å²) in [5, 5.41) is 7.74. The van der Waals surface area contributed by atoms with E-state index >= 15 is 0 Å². The third-order valence-electron chi connectivity index (χ3n) is 2.77. The van der Waals surface area contributed by atoms with Crippen molar-refractivity contribution in [3.8, 4) is 0 Å². The molecule has 0 radical (unpaired) electrons. The van der Waals surface area contributed by atoms with Gasteiger partial charge in [0.1, 0.15) is 5.69 Å². The van der Waals surface area contributed by atoms with E-state index in [1.165, 1.54) is 0 Å². The van der Waals surface area contributed by atoms with Crippen molar-refractivity contribution in [1.29, 1.82) is 0 Å². The zero-order chi connectivity index (χ0) is 13.4. The Hall–Kier alpha value is -2.21. The first-order valence-corrected chi connectivity index (χ1v) is 5.98. The van der Waals surface area contributed by atoms with E-state index in [9.17, 15) is 4.79 Å². The highest BCUT2D eigenvalue weighted by atomic mass is 35.5. The van der Waals surface area contributed by atoms with Crippen LogP contribution in [0.2, 0.25) is 5.02 Å². The van der Waals surface area contributed by atoms with Gasteiger partial charge in [-0.1, -0.05) is 23.7 Å². The third-order valence-corrected chi connectivity index (χ3v) is 3.12. The highest BCUT2D eigenvalue weighted by Gasteiger charge is 2.11. The Morgan fingerprint density at radius 3 is 3.00 bits per heavy atom. The van der Waals surface area contributed by atoms with E-state index in [0.29, 0.717) is 17.1 Å². The molecule has 2 heterocycles. The molecule has 2 aromatic heterocycles. The second-order valence-corrected chi connectivity index (χ2v) is 4.63. The molecule has 0 aliphatic carbocycles. The molecule has 1 aromatic carbocycles. The maximum atomic E-state index is 11.8. The summed E-state index contributed by atoms with van der Waals surface area (Å²) < 4.78 is 4.51. The fourth-order valence-corrected chi connectivity index (χ4v) is 2.09. The summed E-state index contributed by atoms with van der Waals surface area (Å²) in [6.07, 6.45) is 0.331. The summed E-state index contributed by atoms with van der Waals surface area (Å²) in [5.74, 6) is 0. The van der Waals surface area contributed by atoms with Gasteiger partial charge in [0.25, 0.3) is 5.56 Å². The molecule has 0 bridgehead atoms. The lowest BCUT2D eigenvalue weighted by molar-refractivity contribution is 0.314. The SMILES string of the molecule is Cc1ccc(Cc2nc3nonc3[nH]c2=O)c(Cl)c1. The van der Waals surface area contributed by atoms with Crippen LogP contribution >= 0.6 is 11.6 Å². The number of aromatic nitrogens is 4. The number of nitrogens with zero attached hydrogens (tertiary/aromatic N) is 3. The van der Waals surface area contributed by atoms with Crippen molar-refractivity contribution < 1.29 is 4.63 Å². The van der Waals surface area contributed by atoms with E-state index in [2.05, 4.69) is 24.9 Å². The van der Waals surface area contributed by atoms with Gasteiger partial charge in [-0.2, -0.15) is 0 Å². The van der Waals surface area contributed by atoms with Crippen LogP contribution < -0.4 is 5.56 Å². The Bertz CT molecular complexity index is 809. The van der Waals surface area contributed by atoms with E-state index in [0.717, 1.165) is 11.1 Å². The lowest BCUT2D eigenvalue weighted by Gasteiger charge is -2.04. The van der Waals surface area contributed by atoms with E-state index < -0.39 is 0 Å². The van der Waals surface area contributed by atoms with Crippen molar-refractivity contribution >= 4 is 22.9 Å². The summed E-state index contributed by atoms with van der Waals surface area (Å²) in [4.78, 5) is 18.5. The molecule has 0 spiro atoms. The molecule has 3 aromatic rings. The lowest BCUT2D eigenvalue weighted by atomic mass is 10.1. The Balaban J connectivity index is 2.04. The summed E-state index contributed by atoms with van der Waals surface area (Å²) in [6.45, 7) is 1.95. The van der Waals surface area contributed by atoms with Gasteiger partial charge in [-0.25, -0.2) is 9.61 Å². The van der Waals surface area contributed by atoms with Crippen molar-refractivity contribution in [2.45, 2.75) is 13.3 Å². The Labute approximate surface area is 112 Å². The summed E-state index contributed by atoms with van der Waals surface area (Å²) in [6, 6.07) is 5.66. The summed E-state index contributed by atoms with van der Waals surface area (Å²) in [5.41, 5.74) is 2.42. The average Bonchev–Trinajstić information content (AvgIpc) is 2.80. The molecule has 0 fully saturated rings. The van der Waals surface area contributed by atoms with Crippen LogP contribution in [0.15, 0.2) is 27.6 Å². The normalized spacial score (nSPS) is 11.1. The predicted octanol–water partition coefficient (Wildman–Crippen LogP) is 1.86. The van der Waals surface area contributed by atoms with Crippen LogP contribution in [0.4, 0.5) is 0 Å². The summed E-state index contributed by atoms with van der Waals surface area (Å²) in [7, 11) is 0. The van der Waals surface area contributed by atoms with Crippen molar-refractivity contribution in [2.24, 2.45) is 0 Å². The Kier molecular flexibility index (Phi) is 2.79. The van der Waals surface area contributed by atoms with Gasteiger partial charge >= 0.3 is 0 Å². The third kappa shape index (κ3) is 2.22. The van der Waals surface area contributed by atoms with Gasteiger partial charge in [-0.05, 0) is 34.4 Å². The lowest BCUT2D eigenvalue weighted by Crippen LogP contribution is -2.15. The molecular weight excluding hydrogens is 268 g/mol. The number of benzene rings is 1. The molecule has 7 heteroatoms. The molecular formula is C12H9ClN4O2. The van der Waals surface area contributed by atoms with Crippen LogP contribution in [-0.2, 0) is 6.42 Å². The predicted molar refractivity (Wildman–Crippen MR) is 69.2 cm³/mol. The van der Waals surface area contributed by atoms with Gasteiger partial charge in [0, 0.05) is 11.4 Å². The minimum Gasteiger partial charge on any atom is -0.299 e. The highest BCUT2D eigenvalue weighted by Crippen LogP contribution is 2.19. The molecule has 96 valence electrons. The Morgan fingerprint density at radius 1 is 1.37 bits per heavy atom. The van der Waals surface area contributed by atoms with Gasteiger partial charge in [-0.3, -0.25) is 9.78 Å². The van der Waals surface area contributed by atoms with E-state index in [4.69, 9.17) is 11.6 Å². The number of nitrogens with one attached hydrogen (secondary N) is 1. The average molecular weight is 277 g/mol. The van der Waals surface area contributed by atoms with E-state index in [1.807, 2.05) is 25.1 Å². The first-order valence-electron chi connectivity index (χ1n) is 5.60. The smallest absolute Gasteiger partial charge is 0.271 e. The number of hydrogen-bond donors (Lipinski definition) is 1. The quantitative estimate of drug-likeness (QED) is 0.772. The standard InChI is InChI=1S/C12H9ClN4O2/c1-6-2-3-7(8(13)4-6)5-9-12(18)15-11-10(14-9)16-19-17-11/h2-4H,5H2,1H3,(H,15,17,18). The highest BCUT2D eigenvalue weighted by molar-refractivity contribution is 6.31. The second kappa shape index (κ2) is 4.47. The number of halogens is 1. The molecule has 0 aliphatic rings. The fraction of sp³-hybridized carbons (Fsp3) is 0.167. The molecule has 6 nitrogen and oxygen atoms in total. The maximum absolute atomic E-state index is 11.8. The summed E-state index contributed by atoms with van der Waals surface area (Å²) >= 11 is 6.14. The first kappa shape index (κ1) is 11.9. The molecule has 0 aliphatic heterocycles. The monoisotopic (exact) mass is 276 g/mol. The van der Waals surface area contributed by atoms with Gasteiger partial charge in [0.2, 0.25) is 11.3 Å². The Morgan fingerprint density at radius 2 is 2.21 bits per heavy atom. The molecule has 0 unspecified atom stereocenters. The van der Waals surface area contributed by atoms with Gasteiger partial charge in [0.05, 0.1) is 0 Å². The number of aromatic amines is 1. The minimum atomic E-state index is -0.320. The first-order chi connectivity index (χ1) is 9.13. The number of rotatable bonds is 2. The van der Waals surface area contributed by atoms with Crippen LogP contribution in [-0.4, -0.2) is 20.3 Å². The van der Waals surface area contributed by atoms with Crippen molar-refractivity contribution in [3.05, 3.63) is 50.4 Å². The number of hydrogen-bond acceptors (Lipinski definition) is 5. The van der Waals surface area contributed by atoms with E-state index in [1.54, 1.807) is 0 Å². The minimum absolute atomic E-state index is 0.240. The van der Waals surface area contributed by atoms with Gasteiger partial charge in [0.15, 0.2) is 0 Å². The number of aryl methyl sites for hydroxylation is 1. The van der Waals surface area contributed by atoms with Crippen molar-refractivity contribution in [3.63, 3.8) is 0 Å². The zero-order valence-corrected chi connectivity index (χ0v) is 10.7. The fourth-order valence-electron chi connectivity index (χ4n) is 1.79. The molecule has 1 N–H and O–H groups in total.